The summed E-state index contributed by atoms with van der Waals surface area (Å²) < 4.78 is 31.1. The van der Waals surface area contributed by atoms with E-state index < -0.39 is 5.54 Å². The van der Waals surface area contributed by atoms with E-state index in [2.05, 4.69) is 30.5 Å². The highest BCUT2D eigenvalue weighted by Crippen LogP contribution is 2.30. The van der Waals surface area contributed by atoms with Crippen LogP contribution >= 0.6 is 0 Å². The quantitative estimate of drug-likeness (QED) is 0.469. The van der Waals surface area contributed by atoms with Crippen molar-refractivity contribution < 1.29 is 23.4 Å². The topological polar surface area (TPSA) is 111 Å². The predicted molar refractivity (Wildman–Crippen MR) is 134 cm³/mol. The van der Waals surface area contributed by atoms with Crippen molar-refractivity contribution in [1.82, 2.24) is 30.5 Å². The number of hydrogen-bond donors (Lipinski definition) is 2. The Morgan fingerprint density at radius 3 is 2.70 bits per heavy atom. The number of carbonyl (C=O) groups is 1. The lowest BCUT2D eigenvalue weighted by Crippen LogP contribution is -2.61. The Kier molecular flexibility index (Phi) is 7.33. The molecule has 10 nitrogen and oxygen atoms in total. The van der Waals surface area contributed by atoms with Crippen molar-refractivity contribution in [2.45, 2.75) is 31.3 Å². The molecule has 1 fully saturated rings. The Labute approximate surface area is 214 Å². The van der Waals surface area contributed by atoms with Crippen LogP contribution in [0.15, 0.2) is 30.6 Å². The minimum atomic E-state index is -0.719. The van der Waals surface area contributed by atoms with Gasteiger partial charge in [-0.15, -0.1) is 0 Å². The Hall–Kier alpha value is -3.57. The second-order valence-corrected chi connectivity index (χ2v) is 9.23. The summed E-state index contributed by atoms with van der Waals surface area (Å²) in [7, 11) is 3.18. The molecule has 196 valence electrons. The van der Waals surface area contributed by atoms with Crippen LogP contribution in [-0.2, 0) is 17.8 Å². The lowest BCUT2D eigenvalue weighted by atomic mass is 9.86. The molecule has 0 bridgehead atoms. The fourth-order valence-electron chi connectivity index (χ4n) is 4.93. The zero-order chi connectivity index (χ0) is 25.8. The number of fused-ring (bicyclic) bond motifs is 2. The van der Waals surface area contributed by atoms with Crippen LogP contribution in [0.4, 0.5) is 4.39 Å². The standard InChI is InChI=1S/C26H31FN6O4/c1-28-25(34)26(31-14-17-13-21-22(16-29-17)37-12-11-36-21)6-9-33(10-7-26)8-5-18-19(27)15-30-20-3-4-23(35-2)32-24(18)20/h3-4,13,15-16,31H,5-12,14H2,1-2H3,(H,28,34). The average molecular weight is 511 g/mol. The number of carbonyl (C=O) groups excluding carboxylic acids is 1. The Morgan fingerprint density at radius 2 is 1.95 bits per heavy atom. The molecule has 2 N–H and O–H groups in total. The first-order chi connectivity index (χ1) is 18.0. The number of pyridine rings is 3. The second-order valence-electron chi connectivity index (χ2n) is 9.23. The number of nitrogens with zero attached hydrogens (tertiary/aromatic N) is 4. The minimum absolute atomic E-state index is 0.0489. The number of amides is 1. The number of piperidine rings is 1. The summed E-state index contributed by atoms with van der Waals surface area (Å²) in [5.74, 6) is 1.31. The van der Waals surface area contributed by atoms with Gasteiger partial charge < -0.3 is 24.4 Å². The molecule has 3 aromatic heterocycles. The molecule has 5 heterocycles. The van der Waals surface area contributed by atoms with Crippen LogP contribution in [0, 0.1) is 5.82 Å². The SMILES string of the molecule is CNC(=O)C1(NCc2cc3c(cn2)OCCO3)CCN(CCc2c(F)cnc3ccc(OC)nc23)CC1. The van der Waals surface area contributed by atoms with Gasteiger partial charge in [0.05, 0.1) is 36.2 Å². The van der Waals surface area contributed by atoms with Gasteiger partial charge in [-0.25, -0.2) is 9.37 Å². The number of nitrogens with one attached hydrogen (secondary N) is 2. The van der Waals surface area contributed by atoms with E-state index >= 15 is 0 Å². The Bertz CT molecular complexity index is 1280. The van der Waals surface area contributed by atoms with Crippen LogP contribution in [0.3, 0.4) is 0 Å². The van der Waals surface area contributed by atoms with Gasteiger partial charge in [-0.3, -0.25) is 20.1 Å². The molecule has 0 unspecified atom stereocenters. The highest BCUT2D eigenvalue weighted by molar-refractivity contribution is 5.86. The van der Waals surface area contributed by atoms with E-state index in [9.17, 15) is 9.18 Å². The van der Waals surface area contributed by atoms with Gasteiger partial charge in [0.2, 0.25) is 11.8 Å². The maximum absolute atomic E-state index is 14.7. The predicted octanol–water partition coefficient (Wildman–Crippen LogP) is 1.86. The highest BCUT2D eigenvalue weighted by Gasteiger charge is 2.40. The van der Waals surface area contributed by atoms with Gasteiger partial charge >= 0.3 is 0 Å². The van der Waals surface area contributed by atoms with Crippen molar-refractivity contribution in [3.05, 3.63) is 47.7 Å². The first kappa shape index (κ1) is 25.1. The molecule has 1 amide bonds. The van der Waals surface area contributed by atoms with Crippen LogP contribution in [0.1, 0.15) is 24.1 Å². The smallest absolute Gasteiger partial charge is 0.240 e. The number of likely N-dealkylation sites (N-methyl/N-ethyl adjacent to an activating group) is 1. The van der Waals surface area contributed by atoms with E-state index in [1.54, 1.807) is 25.4 Å². The van der Waals surface area contributed by atoms with Crippen molar-refractivity contribution in [1.29, 1.82) is 0 Å². The maximum atomic E-state index is 14.7. The first-order valence-corrected chi connectivity index (χ1v) is 12.4. The molecule has 0 atom stereocenters. The summed E-state index contributed by atoms with van der Waals surface area (Å²) in [5, 5.41) is 6.27. The number of likely N-dealkylation sites (tertiary alicyclic amines) is 1. The van der Waals surface area contributed by atoms with E-state index in [0.29, 0.717) is 92.6 Å². The molecular weight excluding hydrogens is 479 g/mol. The molecule has 11 heteroatoms. The van der Waals surface area contributed by atoms with E-state index in [0.717, 1.165) is 5.69 Å². The summed E-state index contributed by atoms with van der Waals surface area (Å²) in [4.78, 5) is 28.2. The lowest BCUT2D eigenvalue weighted by molar-refractivity contribution is -0.129. The molecule has 5 rings (SSSR count). The van der Waals surface area contributed by atoms with Crippen molar-refractivity contribution in [3.8, 4) is 17.4 Å². The molecule has 37 heavy (non-hydrogen) atoms. The van der Waals surface area contributed by atoms with Gasteiger partial charge in [-0.05, 0) is 25.3 Å². The molecular formula is C26H31FN6O4. The zero-order valence-corrected chi connectivity index (χ0v) is 21.1. The molecule has 0 aliphatic carbocycles. The largest absolute Gasteiger partial charge is 0.486 e. The summed E-state index contributed by atoms with van der Waals surface area (Å²) in [6, 6.07) is 5.35. The van der Waals surface area contributed by atoms with Crippen LogP contribution in [0.2, 0.25) is 0 Å². The summed E-state index contributed by atoms with van der Waals surface area (Å²) in [6.07, 6.45) is 4.61. The Balaban J connectivity index is 1.23. The molecule has 1 saturated heterocycles. The van der Waals surface area contributed by atoms with Gasteiger partial charge in [0.25, 0.3) is 0 Å². The first-order valence-electron chi connectivity index (χ1n) is 12.4. The van der Waals surface area contributed by atoms with Crippen molar-refractivity contribution in [2.24, 2.45) is 0 Å². The van der Waals surface area contributed by atoms with Gasteiger partial charge in [-0.1, -0.05) is 0 Å². The van der Waals surface area contributed by atoms with Gasteiger partial charge in [-0.2, -0.15) is 0 Å². The van der Waals surface area contributed by atoms with Crippen molar-refractivity contribution >= 4 is 16.9 Å². The number of halogens is 1. The Morgan fingerprint density at radius 1 is 1.16 bits per heavy atom. The van der Waals surface area contributed by atoms with E-state index in [1.165, 1.54) is 13.3 Å². The van der Waals surface area contributed by atoms with Gasteiger partial charge in [0, 0.05) is 50.9 Å². The molecule has 3 aromatic rings. The molecule has 0 radical (unpaired) electrons. The fourth-order valence-corrected chi connectivity index (χ4v) is 4.93. The number of aromatic nitrogens is 3. The minimum Gasteiger partial charge on any atom is -0.486 e. The zero-order valence-electron chi connectivity index (χ0n) is 21.1. The van der Waals surface area contributed by atoms with Crippen molar-refractivity contribution in [3.63, 3.8) is 0 Å². The molecule has 0 saturated carbocycles. The molecule has 2 aliphatic rings. The lowest BCUT2D eigenvalue weighted by Gasteiger charge is -2.41. The normalized spacial score (nSPS) is 16.9. The van der Waals surface area contributed by atoms with Crippen LogP contribution < -0.4 is 24.8 Å². The third-order valence-electron chi connectivity index (χ3n) is 7.09. The van der Waals surface area contributed by atoms with Gasteiger partial charge in [0.15, 0.2) is 11.5 Å². The second kappa shape index (κ2) is 10.8. The summed E-state index contributed by atoms with van der Waals surface area (Å²) in [6.45, 7) is 3.46. The van der Waals surface area contributed by atoms with Gasteiger partial charge in [0.1, 0.15) is 24.6 Å². The maximum Gasteiger partial charge on any atom is 0.240 e. The van der Waals surface area contributed by atoms with Crippen LogP contribution in [0.25, 0.3) is 11.0 Å². The summed E-state index contributed by atoms with van der Waals surface area (Å²) >= 11 is 0. The molecule has 0 spiro atoms. The average Bonchev–Trinajstić information content (AvgIpc) is 2.95. The highest BCUT2D eigenvalue weighted by atomic mass is 19.1. The number of rotatable bonds is 8. The van der Waals surface area contributed by atoms with E-state index in [4.69, 9.17) is 14.2 Å². The summed E-state index contributed by atoms with van der Waals surface area (Å²) in [5.41, 5.74) is 1.73. The molecule has 2 aliphatic heterocycles. The van der Waals surface area contributed by atoms with Crippen molar-refractivity contribution in [2.75, 3.05) is 47.0 Å². The number of hydrogen-bond acceptors (Lipinski definition) is 9. The third kappa shape index (κ3) is 5.28. The number of methoxy groups -OCH3 is 1. The number of ether oxygens (including phenoxy) is 3. The third-order valence-corrected chi connectivity index (χ3v) is 7.09. The molecule has 0 aromatic carbocycles. The van der Waals surface area contributed by atoms with Crippen LogP contribution in [-0.4, -0.2) is 78.3 Å². The van der Waals surface area contributed by atoms with Crippen LogP contribution in [0.5, 0.6) is 17.4 Å². The van der Waals surface area contributed by atoms with E-state index in [-0.39, 0.29) is 11.7 Å². The monoisotopic (exact) mass is 510 g/mol. The van der Waals surface area contributed by atoms with E-state index in [1.807, 2.05) is 6.07 Å². The fraction of sp³-hybridized carbons (Fsp3) is 0.462.